The molecule has 1 aliphatic rings. The van der Waals surface area contributed by atoms with E-state index in [9.17, 15) is 0 Å². The molecule has 1 aromatic carbocycles. The van der Waals surface area contributed by atoms with Crippen LogP contribution in [0, 0.1) is 0 Å². The van der Waals surface area contributed by atoms with Gasteiger partial charge in [0.05, 0.1) is 0 Å². The average Bonchev–Trinajstić information content (AvgIpc) is 2.86. The Morgan fingerprint density at radius 3 is 2.88 bits per heavy atom. The predicted molar refractivity (Wildman–Crippen MR) is 67.8 cm³/mol. The number of benzene rings is 1. The number of hydrogen-bond donors (Lipinski definition) is 1. The summed E-state index contributed by atoms with van der Waals surface area (Å²) in [6, 6.07) is 8.69. The number of rotatable bonds is 1. The van der Waals surface area contributed by atoms with E-state index in [0.717, 1.165) is 13.1 Å². The molecule has 0 aliphatic carbocycles. The number of nitrogens with one attached hydrogen (secondary N) is 1. The third-order valence-corrected chi connectivity index (χ3v) is 3.92. The minimum atomic E-state index is 0.306. The minimum absolute atomic E-state index is 0.306. The van der Waals surface area contributed by atoms with Gasteiger partial charge in [0.25, 0.3) is 0 Å². The Balaban J connectivity index is 2.24. The molecule has 1 unspecified atom stereocenters. The van der Waals surface area contributed by atoms with Crippen LogP contribution in [0.1, 0.15) is 18.9 Å². The second-order valence-electron chi connectivity index (χ2n) is 5.16. The van der Waals surface area contributed by atoms with Gasteiger partial charge in [0, 0.05) is 36.1 Å². The lowest BCUT2D eigenvalue weighted by Crippen LogP contribution is -2.24. The Morgan fingerprint density at radius 1 is 1.31 bits per heavy atom. The molecule has 1 aromatic heterocycles. The fourth-order valence-corrected chi connectivity index (χ4v) is 2.87. The third-order valence-electron chi connectivity index (χ3n) is 3.92. The van der Waals surface area contributed by atoms with Crippen molar-refractivity contribution in [2.45, 2.75) is 18.8 Å². The van der Waals surface area contributed by atoms with E-state index in [1.807, 2.05) is 0 Å². The molecule has 0 bridgehead atoms. The number of fused-ring (bicyclic) bond motifs is 1. The Bertz CT molecular complexity index is 519. The van der Waals surface area contributed by atoms with Gasteiger partial charge in [0.15, 0.2) is 0 Å². The van der Waals surface area contributed by atoms with Crippen molar-refractivity contribution in [1.29, 1.82) is 0 Å². The van der Waals surface area contributed by atoms with Crippen LogP contribution in [0.2, 0.25) is 0 Å². The normalized spacial score (nSPS) is 25.4. The second-order valence-corrected chi connectivity index (χ2v) is 5.16. The fourth-order valence-electron chi connectivity index (χ4n) is 2.87. The molecule has 0 spiro atoms. The van der Waals surface area contributed by atoms with Gasteiger partial charge in [-0.1, -0.05) is 25.1 Å². The molecule has 2 heteroatoms. The molecule has 1 N–H and O–H groups in total. The Morgan fingerprint density at radius 2 is 2.12 bits per heavy atom. The van der Waals surface area contributed by atoms with Crippen LogP contribution in [0.3, 0.4) is 0 Å². The summed E-state index contributed by atoms with van der Waals surface area (Å²) in [6.07, 6.45) is 3.54. The molecule has 16 heavy (non-hydrogen) atoms. The lowest BCUT2D eigenvalue weighted by Gasteiger charge is -2.22. The van der Waals surface area contributed by atoms with E-state index in [1.54, 1.807) is 0 Å². The molecular weight excluding hydrogens is 196 g/mol. The summed E-state index contributed by atoms with van der Waals surface area (Å²) in [6.45, 7) is 4.61. The summed E-state index contributed by atoms with van der Waals surface area (Å²) in [5.74, 6) is 0. The highest BCUT2D eigenvalue weighted by Gasteiger charge is 2.32. The lowest BCUT2D eigenvalue weighted by molar-refractivity contribution is 0.528. The van der Waals surface area contributed by atoms with Crippen LogP contribution in [0.4, 0.5) is 0 Å². The minimum Gasteiger partial charge on any atom is -0.350 e. The first-order valence-corrected chi connectivity index (χ1v) is 5.96. The summed E-state index contributed by atoms with van der Waals surface area (Å²) in [5.41, 5.74) is 3.14. The van der Waals surface area contributed by atoms with Crippen LogP contribution in [-0.4, -0.2) is 17.7 Å². The van der Waals surface area contributed by atoms with E-state index in [1.165, 1.54) is 22.9 Å². The maximum absolute atomic E-state index is 3.48. The quantitative estimate of drug-likeness (QED) is 0.771. The van der Waals surface area contributed by atoms with Gasteiger partial charge in [-0.2, -0.15) is 0 Å². The van der Waals surface area contributed by atoms with Crippen LogP contribution >= 0.6 is 0 Å². The van der Waals surface area contributed by atoms with E-state index < -0.39 is 0 Å². The first-order valence-electron chi connectivity index (χ1n) is 5.96. The van der Waals surface area contributed by atoms with E-state index in [-0.39, 0.29) is 0 Å². The molecule has 2 aromatic rings. The number of aryl methyl sites for hydroxylation is 1. The van der Waals surface area contributed by atoms with Crippen molar-refractivity contribution >= 4 is 10.9 Å². The zero-order valence-electron chi connectivity index (χ0n) is 9.96. The first-order chi connectivity index (χ1) is 7.71. The van der Waals surface area contributed by atoms with Gasteiger partial charge in [0.2, 0.25) is 0 Å². The highest BCUT2D eigenvalue weighted by Crippen LogP contribution is 2.35. The van der Waals surface area contributed by atoms with Crippen molar-refractivity contribution < 1.29 is 0 Å². The average molecular weight is 214 g/mol. The molecule has 0 radical (unpaired) electrons. The second kappa shape index (κ2) is 3.36. The largest absolute Gasteiger partial charge is 0.350 e. The molecule has 1 aliphatic heterocycles. The first kappa shape index (κ1) is 9.91. The maximum Gasteiger partial charge on any atom is 0.0480 e. The van der Waals surface area contributed by atoms with Crippen molar-refractivity contribution in [3.63, 3.8) is 0 Å². The van der Waals surface area contributed by atoms with Crippen LogP contribution in [0.15, 0.2) is 30.5 Å². The lowest BCUT2D eigenvalue weighted by atomic mass is 9.82. The van der Waals surface area contributed by atoms with E-state index in [2.05, 4.69) is 54.3 Å². The molecule has 2 heterocycles. The monoisotopic (exact) mass is 214 g/mol. The topological polar surface area (TPSA) is 17.0 Å². The molecule has 0 saturated carbocycles. The van der Waals surface area contributed by atoms with Gasteiger partial charge >= 0.3 is 0 Å². The molecular formula is C14H18N2. The van der Waals surface area contributed by atoms with Gasteiger partial charge < -0.3 is 9.88 Å². The van der Waals surface area contributed by atoms with Crippen LogP contribution in [0.5, 0.6) is 0 Å². The smallest absolute Gasteiger partial charge is 0.0480 e. The summed E-state index contributed by atoms with van der Waals surface area (Å²) < 4.78 is 2.24. The predicted octanol–water partition coefficient (Wildman–Crippen LogP) is 2.43. The van der Waals surface area contributed by atoms with Gasteiger partial charge in [-0.15, -0.1) is 0 Å². The Hall–Kier alpha value is -1.28. The van der Waals surface area contributed by atoms with Crippen molar-refractivity contribution in [3.8, 4) is 0 Å². The maximum atomic E-state index is 3.48. The molecule has 1 atom stereocenters. The Kier molecular flexibility index (Phi) is 2.08. The van der Waals surface area contributed by atoms with Gasteiger partial charge in [-0.25, -0.2) is 0 Å². The van der Waals surface area contributed by atoms with Crippen LogP contribution in [-0.2, 0) is 12.5 Å². The van der Waals surface area contributed by atoms with E-state index in [4.69, 9.17) is 0 Å². The molecule has 1 saturated heterocycles. The summed E-state index contributed by atoms with van der Waals surface area (Å²) >= 11 is 0. The molecule has 1 fully saturated rings. The van der Waals surface area contributed by atoms with Crippen molar-refractivity contribution in [3.05, 3.63) is 36.0 Å². The van der Waals surface area contributed by atoms with E-state index in [0.29, 0.717) is 5.41 Å². The van der Waals surface area contributed by atoms with Crippen molar-refractivity contribution in [2.75, 3.05) is 13.1 Å². The van der Waals surface area contributed by atoms with Gasteiger partial charge in [-0.3, -0.25) is 0 Å². The fraction of sp³-hybridized carbons (Fsp3) is 0.429. The summed E-state index contributed by atoms with van der Waals surface area (Å²) in [7, 11) is 2.14. The zero-order chi connectivity index (χ0) is 11.2. The van der Waals surface area contributed by atoms with Crippen molar-refractivity contribution in [1.82, 2.24) is 9.88 Å². The van der Waals surface area contributed by atoms with Gasteiger partial charge in [0.1, 0.15) is 0 Å². The van der Waals surface area contributed by atoms with Gasteiger partial charge in [-0.05, 0) is 24.6 Å². The van der Waals surface area contributed by atoms with Crippen molar-refractivity contribution in [2.24, 2.45) is 7.05 Å². The number of para-hydroxylation sites is 1. The van der Waals surface area contributed by atoms with Crippen LogP contribution in [0.25, 0.3) is 10.9 Å². The summed E-state index contributed by atoms with van der Waals surface area (Å²) in [5, 5.41) is 4.89. The molecule has 3 rings (SSSR count). The number of aromatic nitrogens is 1. The number of nitrogens with zero attached hydrogens (tertiary/aromatic N) is 1. The summed E-state index contributed by atoms with van der Waals surface area (Å²) in [4.78, 5) is 0. The SMILES string of the molecule is Cn1cc(C2(C)CCNC2)c2ccccc21. The third kappa shape index (κ3) is 1.30. The highest BCUT2D eigenvalue weighted by molar-refractivity contribution is 5.85. The molecule has 84 valence electrons. The standard InChI is InChI=1S/C14H18N2/c1-14(7-8-15-10-14)12-9-16(2)13-6-4-3-5-11(12)13/h3-6,9,15H,7-8,10H2,1-2H3. The van der Waals surface area contributed by atoms with Crippen LogP contribution < -0.4 is 5.32 Å². The highest BCUT2D eigenvalue weighted by atomic mass is 14.9. The Labute approximate surface area is 96.3 Å². The van der Waals surface area contributed by atoms with E-state index >= 15 is 0 Å². The molecule has 2 nitrogen and oxygen atoms in total. The zero-order valence-corrected chi connectivity index (χ0v) is 9.96. The number of hydrogen-bond acceptors (Lipinski definition) is 1. The molecule has 0 amide bonds.